The standard InChI is InChI=1S/C21H23N3O3S2/c1-4-24(5-2)29(26,27)17-12-10-16(11-13-17)21(25)23-19-9-7-6-8-18(19)20-14-28-15(3)22-20/h6-14H,4-5H2,1-3H3,(H,23,25). The lowest BCUT2D eigenvalue weighted by Gasteiger charge is -2.18. The van der Waals surface area contributed by atoms with Gasteiger partial charge in [0.25, 0.3) is 5.91 Å². The van der Waals surface area contributed by atoms with Gasteiger partial charge < -0.3 is 5.32 Å². The summed E-state index contributed by atoms with van der Waals surface area (Å²) in [6.07, 6.45) is 0. The molecule has 1 amide bonds. The van der Waals surface area contributed by atoms with Gasteiger partial charge in [0, 0.05) is 29.6 Å². The van der Waals surface area contributed by atoms with Crippen molar-refractivity contribution < 1.29 is 13.2 Å². The minimum absolute atomic E-state index is 0.177. The third-order valence-corrected chi connectivity index (χ3v) is 7.37. The molecule has 0 fully saturated rings. The number of thiazole rings is 1. The third kappa shape index (κ3) is 4.55. The summed E-state index contributed by atoms with van der Waals surface area (Å²) in [6.45, 7) is 6.32. The largest absolute Gasteiger partial charge is 0.321 e. The van der Waals surface area contributed by atoms with Gasteiger partial charge in [0.2, 0.25) is 10.0 Å². The highest BCUT2D eigenvalue weighted by molar-refractivity contribution is 7.89. The number of benzene rings is 2. The van der Waals surface area contributed by atoms with Crippen LogP contribution in [0.15, 0.2) is 58.8 Å². The number of aryl methyl sites for hydroxylation is 1. The van der Waals surface area contributed by atoms with Gasteiger partial charge in [-0.25, -0.2) is 13.4 Å². The number of hydrogen-bond acceptors (Lipinski definition) is 5. The summed E-state index contributed by atoms with van der Waals surface area (Å²) in [6, 6.07) is 13.5. The average Bonchev–Trinajstić information content (AvgIpc) is 3.15. The van der Waals surface area contributed by atoms with Gasteiger partial charge >= 0.3 is 0 Å². The number of nitrogens with one attached hydrogen (secondary N) is 1. The minimum Gasteiger partial charge on any atom is -0.321 e. The number of rotatable bonds is 7. The van der Waals surface area contributed by atoms with E-state index in [0.29, 0.717) is 24.3 Å². The first-order valence-electron chi connectivity index (χ1n) is 9.30. The van der Waals surface area contributed by atoms with E-state index in [4.69, 9.17) is 0 Å². The van der Waals surface area contributed by atoms with Crippen LogP contribution >= 0.6 is 11.3 Å². The van der Waals surface area contributed by atoms with Crippen LogP contribution in [0, 0.1) is 6.92 Å². The van der Waals surface area contributed by atoms with Crippen molar-refractivity contribution in [2.75, 3.05) is 18.4 Å². The van der Waals surface area contributed by atoms with Crippen LogP contribution in [0.3, 0.4) is 0 Å². The molecule has 1 N–H and O–H groups in total. The third-order valence-electron chi connectivity index (χ3n) is 4.53. The number of nitrogens with zero attached hydrogens (tertiary/aromatic N) is 2. The molecule has 0 aliphatic carbocycles. The Labute approximate surface area is 175 Å². The monoisotopic (exact) mass is 429 g/mol. The van der Waals surface area contributed by atoms with Crippen molar-refractivity contribution in [2.24, 2.45) is 0 Å². The van der Waals surface area contributed by atoms with Gasteiger partial charge in [0.05, 0.1) is 21.3 Å². The van der Waals surface area contributed by atoms with E-state index in [9.17, 15) is 13.2 Å². The Bertz CT molecular complexity index is 1100. The van der Waals surface area contributed by atoms with Gasteiger partial charge in [0.1, 0.15) is 0 Å². The molecule has 0 unspecified atom stereocenters. The Hall–Kier alpha value is -2.55. The summed E-state index contributed by atoms with van der Waals surface area (Å²) in [5.41, 5.74) is 2.69. The van der Waals surface area contributed by atoms with E-state index in [0.717, 1.165) is 16.3 Å². The second-order valence-electron chi connectivity index (χ2n) is 6.37. The average molecular weight is 430 g/mol. The number of para-hydroxylation sites is 1. The zero-order chi connectivity index (χ0) is 21.0. The van der Waals surface area contributed by atoms with Crippen molar-refractivity contribution >= 4 is 33.0 Å². The lowest BCUT2D eigenvalue weighted by atomic mass is 10.1. The molecule has 0 saturated carbocycles. The van der Waals surface area contributed by atoms with Crippen molar-refractivity contribution in [1.82, 2.24) is 9.29 Å². The Morgan fingerprint density at radius 1 is 1.07 bits per heavy atom. The molecule has 1 aromatic heterocycles. The van der Waals surface area contributed by atoms with E-state index < -0.39 is 10.0 Å². The van der Waals surface area contributed by atoms with Crippen LogP contribution in [0.5, 0.6) is 0 Å². The molecule has 2 aromatic carbocycles. The van der Waals surface area contributed by atoms with Crippen LogP contribution in [0.4, 0.5) is 5.69 Å². The molecule has 0 aliphatic heterocycles. The fraction of sp³-hybridized carbons (Fsp3) is 0.238. The van der Waals surface area contributed by atoms with Crippen LogP contribution in [-0.2, 0) is 10.0 Å². The maximum Gasteiger partial charge on any atom is 0.255 e. The van der Waals surface area contributed by atoms with E-state index in [2.05, 4.69) is 10.3 Å². The predicted molar refractivity (Wildman–Crippen MR) is 117 cm³/mol. The zero-order valence-electron chi connectivity index (χ0n) is 16.5. The molecule has 1 heterocycles. The lowest BCUT2D eigenvalue weighted by Crippen LogP contribution is -2.30. The van der Waals surface area contributed by atoms with Gasteiger partial charge in [-0.1, -0.05) is 32.0 Å². The normalized spacial score (nSPS) is 11.6. The fourth-order valence-corrected chi connectivity index (χ4v) is 5.06. The summed E-state index contributed by atoms with van der Waals surface area (Å²) >= 11 is 1.55. The second-order valence-corrected chi connectivity index (χ2v) is 9.37. The van der Waals surface area contributed by atoms with Gasteiger partial charge in [-0.2, -0.15) is 4.31 Å². The number of sulfonamides is 1. The first-order chi connectivity index (χ1) is 13.9. The number of aromatic nitrogens is 1. The molecule has 0 radical (unpaired) electrons. The van der Waals surface area contributed by atoms with Crippen molar-refractivity contribution in [3.05, 3.63) is 64.5 Å². The quantitative estimate of drug-likeness (QED) is 0.604. The molecule has 8 heteroatoms. The molecule has 3 aromatic rings. The van der Waals surface area contributed by atoms with E-state index in [1.54, 1.807) is 25.2 Å². The van der Waals surface area contributed by atoms with Crippen LogP contribution in [0.2, 0.25) is 0 Å². The van der Waals surface area contributed by atoms with E-state index in [-0.39, 0.29) is 10.8 Å². The summed E-state index contributed by atoms with van der Waals surface area (Å²) in [7, 11) is -3.55. The maximum atomic E-state index is 12.7. The Morgan fingerprint density at radius 3 is 2.31 bits per heavy atom. The summed E-state index contributed by atoms with van der Waals surface area (Å²) in [5, 5.41) is 5.81. The Balaban J connectivity index is 1.83. The Morgan fingerprint density at radius 2 is 1.72 bits per heavy atom. The lowest BCUT2D eigenvalue weighted by molar-refractivity contribution is 0.102. The summed E-state index contributed by atoms with van der Waals surface area (Å²) in [4.78, 5) is 17.4. The SMILES string of the molecule is CCN(CC)S(=O)(=O)c1ccc(C(=O)Nc2ccccc2-c2csc(C)n2)cc1. The number of carbonyl (C=O) groups excluding carboxylic acids is 1. The van der Waals surface area contributed by atoms with Crippen molar-refractivity contribution in [3.8, 4) is 11.3 Å². The molecule has 6 nitrogen and oxygen atoms in total. The summed E-state index contributed by atoms with van der Waals surface area (Å²) in [5.74, 6) is -0.309. The molecule has 29 heavy (non-hydrogen) atoms. The number of anilines is 1. The van der Waals surface area contributed by atoms with Crippen molar-refractivity contribution in [3.63, 3.8) is 0 Å². The van der Waals surface area contributed by atoms with E-state index >= 15 is 0 Å². The van der Waals surface area contributed by atoms with Crippen LogP contribution in [-0.4, -0.2) is 36.7 Å². The topological polar surface area (TPSA) is 79.4 Å². The van der Waals surface area contributed by atoms with E-state index in [1.165, 1.54) is 28.6 Å². The second kappa shape index (κ2) is 8.86. The molecular weight excluding hydrogens is 406 g/mol. The molecule has 0 saturated heterocycles. The van der Waals surface area contributed by atoms with E-state index in [1.807, 2.05) is 36.6 Å². The predicted octanol–water partition coefficient (Wildman–Crippen LogP) is 4.40. The van der Waals surface area contributed by atoms with Gasteiger partial charge in [-0.15, -0.1) is 11.3 Å². The maximum absolute atomic E-state index is 12.7. The van der Waals surface area contributed by atoms with Gasteiger partial charge in [-0.3, -0.25) is 4.79 Å². The molecule has 0 spiro atoms. The van der Waals surface area contributed by atoms with Crippen LogP contribution in [0.25, 0.3) is 11.3 Å². The van der Waals surface area contributed by atoms with Gasteiger partial charge in [0.15, 0.2) is 0 Å². The number of amides is 1. The zero-order valence-corrected chi connectivity index (χ0v) is 18.2. The summed E-state index contributed by atoms with van der Waals surface area (Å²) < 4.78 is 26.6. The van der Waals surface area contributed by atoms with Crippen molar-refractivity contribution in [2.45, 2.75) is 25.7 Å². The smallest absolute Gasteiger partial charge is 0.255 e. The van der Waals surface area contributed by atoms with Gasteiger partial charge in [-0.05, 0) is 37.3 Å². The highest BCUT2D eigenvalue weighted by atomic mass is 32.2. The number of carbonyl (C=O) groups is 1. The first-order valence-corrected chi connectivity index (χ1v) is 11.6. The molecule has 0 aliphatic rings. The molecule has 0 atom stereocenters. The minimum atomic E-state index is -3.55. The van der Waals surface area contributed by atoms with Crippen LogP contribution < -0.4 is 5.32 Å². The molecule has 152 valence electrons. The van der Waals surface area contributed by atoms with Crippen LogP contribution in [0.1, 0.15) is 29.2 Å². The highest BCUT2D eigenvalue weighted by Crippen LogP contribution is 2.29. The van der Waals surface area contributed by atoms with Crippen molar-refractivity contribution in [1.29, 1.82) is 0 Å². The number of hydrogen-bond donors (Lipinski definition) is 1. The molecule has 3 rings (SSSR count). The fourth-order valence-electron chi connectivity index (χ4n) is 2.99. The first kappa shape index (κ1) is 21.2. The molecular formula is C21H23N3O3S2. The Kier molecular flexibility index (Phi) is 6.46. The molecule has 0 bridgehead atoms. The highest BCUT2D eigenvalue weighted by Gasteiger charge is 2.22.